The van der Waals surface area contributed by atoms with Gasteiger partial charge in [-0.3, -0.25) is 0 Å². The van der Waals surface area contributed by atoms with Crippen LogP contribution in [0, 0.1) is 0 Å². The molecule has 1 atom stereocenters. The van der Waals surface area contributed by atoms with Crippen LogP contribution < -0.4 is 4.90 Å². The van der Waals surface area contributed by atoms with Crippen molar-refractivity contribution in [3.63, 3.8) is 0 Å². The third-order valence-corrected chi connectivity index (χ3v) is 3.12. The molecule has 0 saturated carbocycles. The minimum absolute atomic E-state index is 0.349. The first-order valence-electron chi connectivity index (χ1n) is 6.83. The maximum Gasteiger partial charge on any atom is 0.0787 e. The van der Waals surface area contributed by atoms with E-state index in [1.165, 1.54) is 5.69 Å². The van der Waals surface area contributed by atoms with Crippen molar-refractivity contribution in [1.29, 1.82) is 0 Å². The Labute approximate surface area is 110 Å². The third-order valence-electron chi connectivity index (χ3n) is 3.12. The van der Waals surface area contributed by atoms with Gasteiger partial charge in [-0.1, -0.05) is 19.1 Å². The topological polar surface area (TPSA) is 32.7 Å². The molecule has 0 aromatic heterocycles. The monoisotopic (exact) mass is 251 g/mol. The predicted octanol–water partition coefficient (Wildman–Crippen LogP) is 2.99. The zero-order valence-electron chi connectivity index (χ0n) is 11.7. The maximum atomic E-state index is 9.76. The minimum Gasteiger partial charge on any atom is -0.388 e. The molecular formula is C15H25NO2. The summed E-state index contributed by atoms with van der Waals surface area (Å²) in [7, 11) is 0. The van der Waals surface area contributed by atoms with E-state index in [0.717, 1.165) is 38.3 Å². The summed E-state index contributed by atoms with van der Waals surface area (Å²) in [6, 6.07) is 8.16. The van der Waals surface area contributed by atoms with Gasteiger partial charge in [0.15, 0.2) is 0 Å². The van der Waals surface area contributed by atoms with Crippen molar-refractivity contribution in [2.45, 2.75) is 33.3 Å². The molecule has 0 fully saturated rings. The van der Waals surface area contributed by atoms with Gasteiger partial charge in [0.25, 0.3) is 0 Å². The number of likely N-dealkylation sites (N-methyl/N-ethyl adjacent to an activating group) is 1. The largest absolute Gasteiger partial charge is 0.388 e. The maximum absolute atomic E-state index is 9.76. The van der Waals surface area contributed by atoms with E-state index < -0.39 is 0 Å². The van der Waals surface area contributed by atoms with E-state index in [-0.39, 0.29) is 6.10 Å². The van der Waals surface area contributed by atoms with Crippen LogP contribution in [0.3, 0.4) is 0 Å². The van der Waals surface area contributed by atoms with Crippen LogP contribution in [0.1, 0.15) is 38.9 Å². The average molecular weight is 251 g/mol. The normalized spacial score (nSPS) is 12.4. The molecule has 0 radical (unpaired) electrons. The minimum atomic E-state index is -0.349. The molecule has 0 bridgehead atoms. The van der Waals surface area contributed by atoms with Crippen LogP contribution in [0.15, 0.2) is 24.3 Å². The van der Waals surface area contributed by atoms with Gasteiger partial charge in [0, 0.05) is 25.4 Å². The van der Waals surface area contributed by atoms with E-state index in [4.69, 9.17) is 4.74 Å². The van der Waals surface area contributed by atoms with Crippen LogP contribution in [-0.4, -0.2) is 31.4 Å². The van der Waals surface area contributed by atoms with Gasteiger partial charge in [-0.2, -0.15) is 0 Å². The van der Waals surface area contributed by atoms with Crippen LogP contribution in [-0.2, 0) is 4.74 Å². The van der Waals surface area contributed by atoms with Gasteiger partial charge in [0.1, 0.15) is 0 Å². The molecule has 0 amide bonds. The molecule has 102 valence electrons. The molecular weight excluding hydrogens is 226 g/mol. The molecule has 0 unspecified atom stereocenters. The highest BCUT2D eigenvalue weighted by Gasteiger charge is 2.07. The fourth-order valence-corrected chi connectivity index (χ4v) is 1.93. The second-order valence-corrected chi connectivity index (χ2v) is 4.29. The van der Waals surface area contributed by atoms with Crippen LogP contribution in [0.5, 0.6) is 0 Å². The number of hydrogen-bond donors (Lipinski definition) is 1. The summed E-state index contributed by atoms with van der Waals surface area (Å²) in [5, 5.41) is 9.76. The van der Waals surface area contributed by atoms with E-state index >= 15 is 0 Å². The van der Waals surface area contributed by atoms with Gasteiger partial charge in [-0.05, 0) is 38.0 Å². The third kappa shape index (κ3) is 4.31. The molecule has 3 heteroatoms. The average Bonchev–Trinajstić information content (AvgIpc) is 2.43. The Morgan fingerprint density at radius 3 is 2.33 bits per heavy atom. The molecule has 0 aliphatic heterocycles. The van der Waals surface area contributed by atoms with Gasteiger partial charge in [-0.15, -0.1) is 0 Å². The number of benzene rings is 1. The Balaban J connectivity index is 2.63. The molecule has 1 aromatic carbocycles. The molecule has 1 N–H and O–H groups in total. The van der Waals surface area contributed by atoms with Crippen molar-refractivity contribution in [1.82, 2.24) is 0 Å². The van der Waals surface area contributed by atoms with Crippen molar-refractivity contribution < 1.29 is 9.84 Å². The van der Waals surface area contributed by atoms with Gasteiger partial charge in [0.2, 0.25) is 0 Å². The van der Waals surface area contributed by atoms with Crippen molar-refractivity contribution >= 4 is 5.69 Å². The van der Waals surface area contributed by atoms with Gasteiger partial charge < -0.3 is 14.7 Å². The van der Waals surface area contributed by atoms with E-state index in [1.807, 2.05) is 26.0 Å². The van der Waals surface area contributed by atoms with Crippen LogP contribution >= 0.6 is 0 Å². The lowest BCUT2D eigenvalue weighted by Gasteiger charge is -2.23. The van der Waals surface area contributed by atoms with Crippen molar-refractivity contribution in [2.75, 3.05) is 31.2 Å². The van der Waals surface area contributed by atoms with E-state index in [0.29, 0.717) is 0 Å². The van der Waals surface area contributed by atoms with E-state index in [1.54, 1.807) is 0 Å². The first-order valence-corrected chi connectivity index (χ1v) is 6.83. The lowest BCUT2D eigenvalue weighted by molar-refractivity contribution is 0.154. The standard InChI is InChI=1S/C15H25NO2/c1-4-15(17)13-7-9-14(10-8-13)16(5-2)11-12-18-6-3/h7-10,15,17H,4-6,11-12H2,1-3H3/t15-/m0/s1. The summed E-state index contributed by atoms with van der Waals surface area (Å²) in [4.78, 5) is 2.28. The Kier molecular flexibility index (Phi) is 6.76. The quantitative estimate of drug-likeness (QED) is 0.721. The smallest absolute Gasteiger partial charge is 0.0787 e. The molecule has 18 heavy (non-hydrogen) atoms. The highest BCUT2D eigenvalue weighted by molar-refractivity contribution is 5.47. The van der Waals surface area contributed by atoms with Crippen molar-refractivity contribution in [3.8, 4) is 0 Å². The number of aliphatic hydroxyl groups is 1. The number of anilines is 1. The number of rotatable bonds is 8. The number of aliphatic hydroxyl groups excluding tert-OH is 1. The molecule has 0 aliphatic rings. The fraction of sp³-hybridized carbons (Fsp3) is 0.600. The lowest BCUT2D eigenvalue weighted by atomic mass is 10.1. The first kappa shape index (κ1) is 15.0. The van der Waals surface area contributed by atoms with Crippen LogP contribution in [0.4, 0.5) is 5.69 Å². The highest BCUT2D eigenvalue weighted by atomic mass is 16.5. The molecule has 1 aromatic rings. The summed E-state index contributed by atoms with van der Waals surface area (Å²) in [5.74, 6) is 0. The van der Waals surface area contributed by atoms with Crippen LogP contribution in [0.25, 0.3) is 0 Å². The second kappa shape index (κ2) is 8.11. The van der Waals surface area contributed by atoms with Gasteiger partial charge in [0.05, 0.1) is 12.7 Å². The molecule has 0 aliphatic carbocycles. The molecule has 0 spiro atoms. The first-order chi connectivity index (χ1) is 8.72. The Morgan fingerprint density at radius 1 is 1.17 bits per heavy atom. The SMILES string of the molecule is CCOCCN(CC)c1ccc([C@@H](O)CC)cc1. The zero-order valence-corrected chi connectivity index (χ0v) is 11.7. The summed E-state index contributed by atoms with van der Waals surface area (Å²) >= 11 is 0. The Bertz CT molecular complexity index is 324. The Morgan fingerprint density at radius 2 is 1.83 bits per heavy atom. The zero-order chi connectivity index (χ0) is 13.4. The molecule has 0 saturated heterocycles. The molecule has 0 heterocycles. The van der Waals surface area contributed by atoms with E-state index in [9.17, 15) is 5.11 Å². The predicted molar refractivity (Wildman–Crippen MR) is 76.1 cm³/mol. The van der Waals surface area contributed by atoms with Crippen molar-refractivity contribution in [2.24, 2.45) is 0 Å². The Hall–Kier alpha value is -1.06. The molecule has 3 nitrogen and oxygen atoms in total. The summed E-state index contributed by atoms with van der Waals surface area (Å²) in [6.45, 7) is 9.52. The molecule has 1 rings (SSSR count). The summed E-state index contributed by atoms with van der Waals surface area (Å²) < 4.78 is 5.38. The van der Waals surface area contributed by atoms with Crippen LogP contribution in [0.2, 0.25) is 0 Å². The van der Waals surface area contributed by atoms with Gasteiger partial charge >= 0.3 is 0 Å². The summed E-state index contributed by atoms with van der Waals surface area (Å²) in [5.41, 5.74) is 2.17. The van der Waals surface area contributed by atoms with Gasteiger partial charge in [-0.25, -0.2) is 0 Å². The second-order valence-electron chi connectivity index (χ2n) is 4.29. The highest BCUT2D eigenvalue weighted by Crippen LogP contribution is 2.20. The van der Waals surface area contributed by atoms with E-state index in [2.05, 4.69) is 24.0 Å². The lowest BCUT2D eigenvalue weighted by Crippen LogP contribution is -2.27. The summed E-state index contributed by atoms with van der Waals surface area (Å²) in [6.07, 6.45) is 0.402. The fourth-order valence-electron chi connectivity index (χ4n) is 1.93. The number of nitrogens with zero attached hydrogens (tertiary/aromatic N) is 1. The number of hydrogen-bond acceptors (Lipinski definition) is 3. The number of ether oxygens (including phenoxy) is 1. The van der Waals surface area contributed by atoms with Crippen molar-refractivity contribution in [3.05, 3.63) is 29.8 Å².